The maximum absolute atomic E-state index is 11.7. The summed E-state index contributed by atoms with van der Waals surface area (Å²) in [6.07, 6.45) is 1.70. The Morgan fingerprint density at radius 1 is 1.10 bits per heavy atom. The van der Waals surface area contributed by atoms with E-state index in [1.807, 2.05) is 0 Å². The van der Waals surface area contributed by atoms with E-state index in [-0.39, 0.29) is 11.0 Å². The zero-order chi connectivity index (χ0) is 15.5. The Morgan fingerprint density at radius 3 is 2.38 bits per heavy atom. The maximum Gasteiger partial charge on any atom is 0.250 e. The van der Waals surface area contributed by atoms with Crippen LogP contribution in [0.1, 0.15) is 26.3 Å². The Bertz CT molecular complexity index is 654. The van der Waals surface area contributed by atoms with E-state index < -0.39 is 0 Å². The van der Waals surface area contributed by atoms with E-state index in [1.54, 1.807) is 28.6 Å². The highest BCUT2D eigenvalue weighted by Gasteiger charge is 2.12. The maximum atomic E-state index is 11.7. The number of hydrogen-bond donors (Lipinski definition) is 1. The Morgan fingerprint density at radius 2 is 1.76 bits per heavy atom. The van der Waals surface area contributed by atoms with Crippen LogP contribution in [0.4, 0.5) is 5.69 Å². The number of benzene rings is 1. The molecule has 3 nitrogen and oxygen atoms in total. The summed E-state index contributed by atoms with van der Waals surface area (Å²) in [6.45, 7) is 7.29. The van der Waals surface area contributed by atoms with Gasteiger partial charge in [0.1, 0.15) is 0 Å². The molecule has 0 aliphatic heterocycles. The van der Waals surface area contributed by atoms with Crippen LogP contribution in [0.25, 0.3) is 0 Å². The van der Waals surface area contributed by atoms with Gasteiger partial charge in [-0.15, -0.1) is 11.8 Å². The molecule has 0 unspecified atom stereocenters. The number of anilines is 1. The largest absolute Gasteiger partial charge is 0.398 e. The minimum atomic E-state index is -0.00659. The summed E-state index contributed by atoms with van der Waals surface area (Å²) in [5.74, 6) is 0.845. The molecule has 0 radical (unpaired) electrons. The van der Waals surface area contributed by atoms with E-state index in [4.69, 9.17) is 5.73 Å². The van der Waals surface area contributed by atoms with Crippen LogP contribution in [-0.2, 0) is 12.0 Å². The molecule has 1 aromatic carbocycles. The third kappa shape index (κ3) is 4.39. The van der Waals surface area contributed by atoms with Crippen LogP contribution in [-0.4, -0.2) is 10.3 Å². The molecular weight excluding hydrogens is 280 g/mol. The first-order valence-electron chi connectivity index (χ1n) is 7.05. The number of nitrogen functional groups attached to an aromatic ring is 1. The second kappa shape index (κ2) is 6.39. The summed E-state index contributed by atoms with van der Waals surface area (Å²) < 4.78 is 1.66. The average molecular weight is 302 g/mol. The molecule has 0 aliphatic rings. The fourth-order valence-electron chi connectivity index (χ4n) is 2.04. The van der Waals surface area contributed by atoms with Crippen molar-refractivity contribution in [2.24, 2.45) is 0 Å². The zero-order valence-corrected chi connectivity index (χ0v) is 13.6. The first-order chi connectivity index (χ1) is 9.86. The molecule has 0 atom stereocenters. The molecule has 4 heteroatoms. The van der Waals surface area contributed by atoms with E-state index in [9.17, 15) is 4.79 Å². The van der Waals surface area contributed by atoms with E-state index in [1.165, 1.54) is 16.5 Å². The fourth-order valence-corrected chi connectivity index (χ4v) is 2.89. The number of thioether (sulfide) groups is 1. The third-order valence-corrected chi connectivity index (χ3v) is 4.32. The molecular formula is C17H22N2OS. The first-order valence-corrected chi connectivity index (χ1v) is 8.04. The lowest BCUT2D eigenvalue weighted by Gasteiger charge is -2.19. The Balaban J connectivity index is 1.95. The number of rotatable bonds is 4. The van der Waals surface area contributed by atoms with Gasteiger partial charge in [0.15, 0.2) is 0 Å². The second-order valence-electron chi connectivity index (χ2n) is 6.12. The lowest BCUT2D eigenvalue weighted by molar-refractivity contribution is 0.590. The van der Waals surface area contributed by atoms with Crippen molar-refractivity contribution in [1.29, 1.82) is 0 Å². The van der Waals surface area contributed by atoms with Crippen molar-refractivity contribution in [2.75, 3.05) is 11.5 Å². The summed E-state index contributed by atoms with van der Waals surface area (Å²) in [5.41, 5.74) is 7.83. The van der Waals surface area contributed by atoms with Crippen molar-refractivity contribution in [3.8, 4) is 0 Å². The molecule has 2 aromatic rings. The van der Waals surface area contributed by atoms with Crippen LogP contribution in [0.5, 0.6) is 0 Å². The minimum Gasteiger partial charge on any atom is -0.398 e. The van der Waals surface area contributed by atoms with Gasteiger partial charge in [-0.25, -0.2) is 0 Å². The Kier molecular flexibility index (Phi) is 4.78. The quantitative estimate of drug-likeness (QED) is 0.879. The van der Waals surface area contributed by atoms with Crippen LogP contribution < -0.4 is 11.3 Å². The zero-order valence-electron chi connectivity index (χ0n) is 12.8. The monoisotopic (exact) mass is 302 g/mol. The molecule has 0 amide bonds. The third-order valence-electron chi connectivity index (χ3n) is 3.33. The Labute approximate surface area is 130 Å². The van der Waals surface area contributed by atoms with Crippen molar-refractivity contribution in [1.82, 2.24) is 4.57 Å². The smallest absolute Gasteiger partial charge is 0.250 e. The van der Waals surface area contributed by atoms with Gasteiger partial charge in [0.05, 0.1) is 0 Å². The molecule has 112 valence electrons. The highest BCUT2D eigenvalue weighted by Crippen LogP contribution is 2.25. The van der Waals surface area contributed by atoms with Crippen LogP contribution in [0, 0.1) is 0 Å². The van der Waals surface area contributed by atoms with Gasteiger partial charge in [-0.05, 0) is 29.2 Å². The second-order valence-corrected chi connectivity index (χ2v) is 7.29. The van der Waals surface area contributed by atoms with Gasteiger partial charge in [-0.1, -0.05) is 32.9 Å². The number of aromatic nitrogens is 1. The molecule has 0 saturated heterocycles. The van der Waals surface area contributed by atoms with Gasteiger partial charge in [-0.3, -0.25) is 4.79 Å². The topological polar surface area (TPSA) is 48.0 Å². The summed E-state index contributed by atoms with van der Waals surface area (Å²) >= 11 is 1.75. The number of nitrogens with two attached hydrogens (primary N) is 1. The van der Waals surface area contributed by atoms with Crippen LogP contribution in [0.15, 0.2) is 52.3 Å². The van der Waals surface area contributed by atoms with Crippen molar-refractivity contribution in [3.05, 3.63) is 58.5 Å². The first kappa shape index (κ1) is 15.7. The molecule has 1 heterocycles. The van der Waals surface area contributed by atoms with Crippen molar-refractivity contribution in [2.45, 2.75) is 37.6 Å². The standard InChI is InChI=1S/C17H22N2OS/c1-17(2,3)13-4-7-15(8-5-13)21-11-10-19-12-14(18)6-9-16(19)20/h4-9,12H,10-11,18H2,1-3H3. The van der Waals surface area contributed by atoms with Gasteiger partial charge >= 0.3 is 0 Å². The highest BCUT2D eigenvalue weighted by molar-refractivity contribution is 7.99. The van der Waals surface area contributed by atoms with Crippen LogP contribution in [0.3, 0.4) is 0 Å². The number of nitrogens with zero attached hydrogens (tertiary/aromatic N) is 1. The van der Waals surface area contributed by atoms with Crippen molar-refractivity contribution >= 4 is 17.4 Å². The van der Waals surface area contributed by atoms with Crippen molar-refractivity contribution in [3.63, 3.8) is 0 Å². The van der Waals surface area contributed by atoms with Gasteiger partial charge in [-0.2, -0.15) is 0 Å². The molecule has 1 aromatic heterocycles. The summed E-state index contributed by atoms with van der Waals surface area (Å²) in [5, 5.41) is 0. The van der Waals surface area contributed by atoms with Crippen molar-refractivity contribution < 1.29 is 0 Å². The normalized spacial score (nSPS) is 11.6. The molecule has 0 aliphatic carbocycles. The number of pyridine rings is 1. The molecule has 2 rings (SSSR count). The van der Waals surface area contributed by atoms with E-state index >= 15 is 0 Å². The molecule has 0 spiro atoms. The minimum absolute atomic E-state index is 0.00659. The van der Waals surface area contributed by atoms with Crippen LogP contribution in [0.2, 0.25) is 0 Å². The summed E-state index contributed by atoms with van der Waals surface area (Å²) in [7, 11) is 0. The molecule has 0 bridgehead atoms. The Hall–Kier alpha value is -1.68. The predicted octanol–water partition coefficient (Wildman–Crippen LogP) is 3.52. The van der Waals surface area contributed by atoms with E-state index in [0.29, 0.717) is 12.2 Å². The van der Waals surface area contributed by atoms with E-state index in [2.05, 4.69) is 45.0 Å². The predicted molar refractivity (Wildman–Crippen MR) is 91.0 cm³/mol. The highest BCUT2D eigenvalue weighted by atomic mass is 32.2. The number of aryl methyl sites for hydroxylation is 1. The fraction of sp³-hybridized carbons (Fsp3) is 0.353. The van der Waals surface area contributed by atoms with E-state index in [0.717, 1.165) is 5.75 Å². The molecule has 21 heavy (non-hydrogen) atoms. The van der Waals surface area contributed by atoms with Crippen LogP contribution >= 0.6 is 11.8 Å². The number of hydrogen-bond acceptors (Lipinski definition) is 3. The van der Waals surface area contributed by atoms with Gasteiger partial charge in [0, 0.05) is 35.1 Å². The lowest BCUT2D eigenvalue weighted by Crippen LogP contribution is -2.19. The lowest BCUT2D eigenvalue weighted by atomic mass is 9.87. The van der Waals surface area contributed by atoms with Gasteiger partial charge in [0.25, 0.3) is 5.56 Å². The van der Waals surface area contributed by atoms with Gasteiger partial charge < -0.3 is 10.3 Å². The van der Waals surface area contributed by atoms with Gasteiger partial charge in [0.2, 0.25) is 0 Å². The molecule has 2 N–H and O–H groups in total. The average Bonchev–Trinajstić information content (AvgIpc) is 2.42. The summed E-state index contributed by atoms with van der Waals surface area (Å²) in [6, 6.07) is 11.8. The SMILES string of the molecule is CC(C)(C)c1ccc(SCCn2cc(N)ccc2=O)cc1. The molecule has 0 saturated carbocycles. The molecule has 0 fully saturated rings. The summed E-state index contributed by atoms with van der Waals surface area (Å²) in [4.78, 5) is 12.9.